The lowest BCUT2D eigenvalue weighted by Crippen LogP contribution is -2.46. The number of H-pyrrole nitrogens is 1. The van der Waals surface area contributed by atoms with Crippen LogP contribution in [0.4, 0.5) is 35.0 Å². The Hall–Kier alpha value is -4.23. The van der Waals surface area contributed by atoms with Crippen LogP contribution in [0.3, 0.4) is 0 Å². The Morgan fingerprint density at radius 1 is 1.05 bits per heavy atom. The van der Waals surface area contributed by atoms with Crippen LogP contribution in [0.1, 0.15) is 5.56 Å². The highest BCUT2D eigenvalue weighted by Crippen LogP contribution is 2.33. The van der Waals surface area contributed by atoms with Gasteiger partial charge in [0.15, 0.2) is 0 Å². The number of aromatic nitrogens is 3. The molecule has 1 amide bonds. The van der Waals surface area contributed by atoms with Crippen LogP contribution in [0.5, 0.6) is 11.5 Å². The van der Waals surface area contributed by atoms with E-state index in [9.17, 15) is 22.4 Å². The highest BCUT2D eigenvalue weighted by atomic mass is 19.4. The predicted molar refractivity (Wildman–Crippen MR) is 133 cm³/mol. The first-order chi connectivity index (χ1) is 18.2. The monoisotopic (exact) mass is 529 g/mol. The molecular formula is C25H23F4N7O2. The Morgan fingerprint density at radius 2 is 1.84 bits per heavy atom. The van der Waals surface area contributed by atoms with Crippen LogP contribution in [0.15, 0.2) is 54.7 Å². The minimum Gasteiger partial charge on any atom is -0.457 e. The van der Waals surface area contributed by atoms with Crippen molar-refractivity contribution in [2.24, 2.45) is 0 Å². The molecule has 4 N–H and O–H groups in total. The number of carbonyl (C=O) groups is 1. The molecule has 198 valence electrons. The number of rotatable bonds is 7. The highest BCUT2D eigenvalue weighted by Gasteiger charge is 2.31. The SMILES string of the molecule is O=C(CN1CCNCC1)Nc1cc(Oc2ccc3nc(Nc4cc(C(F)(F)F)ccc4F)[nH]c3c2)ccn1. The molecule has 2 aromatic heterocycles. The quantitative estimate of drug-likeness (QED) is 0.261. The first-order valence-electron chi connectivity index (χ1n) is 11.7. The zero-order chi connectivity index (χ0) is 26.7. The minimum atomic E-state index is -4.61. The number of hydrogen-bond donors (Lipinski definition) is 4. The number of benzene rings is 2. The smallest absolute Gasteiger partial charge is 0.416 e. The molecule has 9 nitrogen and oxygen atoms in total. The van der Waals surface area contributed by atoms with E-state index >= 15 is 0 Å². The third-order valence-corrected chi connectivity index (χ3v) is 5.81. The first kappa shape index (κ1) is 25.4. The summed E-state index contributed by atoms with van der Waals surface area (Å²) in [7, 11) is 0. The molecule has 1 aliphatic rings. The zero-order valence-electron chi connectivity index (χ0n) is 19.9. The van der Waals surface area contributed by atoms with E-state index in [-0.39, 0.29) is 24.1 Å². The van der Waals surface area contributed by atoms with Crippen molar-refractivity contribution in [3.63, 3.8) is 0 Å². The van der Waals surface area contributed by atoms with Gasteiger partial charge in [-0.25, -0.2) is 14.4 Å². The van der Waals surface area contributed by atoms with E-state index in [1.165, 1.54) is 6.20 Å². The van der Waals surface area contributed by atoms with Gasteiger partial charge < -0.3 is 25.7 Å². The number of nitrogens with one attached hydrogen (secondary N) is 4. The number of halogens is 4. The number of amides is 1. The van der Waals surface area contributed by atoms with Gasteiger partial charge in [0.05, 0.1) is 28.8 Å². The van der Waals surface area contributed by atoms with Gasteiger partial charge in [0.25, 0.3) is 0 Å². The molecule has 3 heterocycles. The molecule has 1 fully saturated rings. The predicted octanol–water partition coefficient (Wildman–Crippen LogP) is 4.50. The summed E-state index contributed by atoms with van der Waals surface area (Å²) in [5.74, 6) is 0.250. The Morgan fingerprint density at radius 3 is 2.63 bits per heavy atom. The average molecular weight is 529 g/mol. The number of fused-ring (bicyclic) bond motifs is 1. The van der Waals surface area contributed by atoms with E-state index in [2.05, 4.69) is 35.8 Å². The first-order valence-corrected chi connectivity index (χ1v) is 11.7. The number of aromatic amines is 1. The summed E-state index contributed by atoms with van der Waals surface area (Å²) in [5.41, 5.74) is -0.345. The van der Waals surface area contributed by atoms with Crippen LogP contribution in [-0.2, 0) is 11.0 Å². The maximum atomic E-state index is 14.1. The van der Waals surface area contributed by atoms with Crippen molar-refractivity contribution >= 4 is 34.4 Å². The van der Waals surface area contributed by atoms with Crippen molar-refractivity contribution in [2.45, 2.75) is 6.18 Å². The molecule has 38 heavy (non-hydrogen) atoms. The molecule has 0 aliphatic carbocycles. The van der Waals surface area contributed by atoms with Crippen molar-refractivity contribution in [3.8, 4) is 11.5 Å². The fourth-order valence-electron chi connectivity index (χ4n) is 3.97. The van der Waals surface area contributed by atoms with Crippen molar-refractivity contribution in [1.29, 1.82) is 0 Å². The standard InChI is InChI=1S/C25H23F4N7O2/c26-18-3-1-15(25(27,28)29)11-20(18)33-24-32-19-4-2-16(12-21(19)34-24)38-17-5-6-31-22(13-17)35-23(37)14-36-9-7-30-8-10-36/h1-6,11-13,30H,7-10,14H2,(H,31,35,37)(H2,32,33,34). The van der Waals surface area contributed by atoms with Gasteiger partial charge in [-0.3, -0.25) is 9.69 Å². The topological polar surface area (TPSA) is 107 Å². The maximum Gasteiger partial charge on any atom is 0.416 e. The number of hydrogen-bond acceptors (Lipinski definition) is 7. The number of pyridine rings is 1. The van der Waals surface area contributed by atoms with E-state index in [1.54, 1.807) is 30.3 Å². The third-order valence-electron chi connectivity index (χ3n) is 5.81. The van der Waals surface area contributed by atoms with Gasteiger partial charge >= 0.3 is 6.18 Å². The molecule has 0 bridgehead atoms. The molecule has 0 saturated carbocycles. The van der Waals surface area contributed by atoms with E-state index in [4.69, 9.17) is 4.74 Å². The number of nitrogens with zero attached hydrogens (tertiary/aromatic N) is 3. The van der Waals surface area contributed by atoms with Crippen LogP contribution in [0, 0.1) is 5.82 Å². The van der Waals surface area contributed by atoms with Gasteiger partial charge in [0, 0.05) is 44.5 Å². The minimum absolute atomic E-state index is 0.0637. The summed E-state index contributed by atoms with van der Waals surface area (Å²) >= 11 is 0. The second kappa shape index (κ2) is 10.6. The molecule has 1 saturated heterocycles. The number of carbonyl (C=O) groups excluding carboxylic acids is 1. The van der Waals surface area contributed by atoms with Crippen molar-refractivity contribution < 1.29 is 27.1 Å². The molecule has 4 aromatic rings. The van der Waals surface area contributed by atoms with E-state index in [0.717, 1.165) is 32.2 Å². The summed E-state index contributed by atoms with van der Waals surface area (Å²) < 4.78 is 59.0. The number of piperazine rings is 1. The van der Waals surface area contributed by atoms with Crippen LogP contribution in [-0.4, -0.2) is 58.5 Å². The fraction of sp³-hybridized carbons (Fsp3) is 0.240. The van der Waals surface area contributed by atoms with Gasteiger partial charge in [0.2, 0.25) is 11.9 Å². The summed E-state index contributed by atoms with van der Waals surface area (Å²) in [6, 6.07) is 10.3. The lowest BCUT2D eigenvalue weighted by Gasteiger charge is -2.26. The van der Waals surface area contributed by atoms with Gasteiger partial charge in [0.1, 0.15) is 23.1 Å². The van der Waals surface area contributed by atoms with Crippen molar-refractivity contribution in [3.05, 3.63) is 66.1 Å². The molecule has 0 radical (unpaired) electrons. The summed E-state index contributed by atoms with van der Waals surface area (Å²) in [6.45, 7) is 3.55. The molecule has 2 aromatic carbocycles. The Kier molecular flexibility index (Phi) is 7.11. The highest BCUT2D eigenvalue weighted by molar-refractivity contribution is 5.91. The molecule has 0 atom stereocenters. The van der Waals surface area contributed by atoms with Gasteiger partial charge in [-0.2, -0.15) is 13.2 Å². The van der Waals surface area contributed by atoms with E-state index < -0.39 is 17.6 Å². The molecule has 0 spiro atoms. The number of alkyl halides is 3. The number of imidazole rings is 1. The Bertz CT molecular complexity index is 1450. The van der Waals surface area contributed by atoms with E-state index in [1.807, 2.05) is 0 Å². The number of ether oxygens (including phenoxy) is 1. The lowest BCUT2D eigenvalue weighted by molar-refractivity contribution is -0.137. The average Bonchev–Trinajstić information content (AvgIpc) is 3.27. The van der Waals surface area contributed by atoms with Crippen LogP contribution < -0.4 is 20.7 Å². The molecule has 0 unspecified atom stereocenters. The summed E-state index contributed by atoms with van der Waals surface area (Å²) in [6.07, 6.45) is -3.10. The van der Waals surface area contributed by atoms with Crippen LogP contribution in [0.25, 0.3) is 11.0 Å². The van der Waals surface area contributed by atoms with E-state index in [0.29, 0.717) is 40.5 Å². The lowest BCUT2D eigenvalue weighted by atomic mass is 10.2. The molecule has 1 aliphatic heterocycles. The van der Waals surface area contributed by atoms with Gasteiger partial charge in [-0.1, -0.05) is 0 Å². The fourth-order valence-corrected chi connectivity index (χ4v) is 3.97. The van der Waals surface area contributed by atoms with Crippen LogP contribution >= 0.6 is 0 Å². The second-order valence-electron chi connectivity index (χ2n) is 8.63. The van der Waals surface area contributed by atoms with Crippen LogP contribution in [0.2, 0.25) is 0 Å². The van der Waals surface area contributed by atoms with Crippen molar-refractivity contribution in [2.75, 3.05) is 43.4 Å². The summed E-state index contributed by atoms with van der Waals surface area (Å²) in [4.78, 5) is 25.7. The largest absolute Gasteiger partial charge is 0.457 e. The Balaban J connectivity index is 1.26. The maximum absolute atomic E-state index is 14.1. The second-order valence-corrected chi connectivity index (χ2v) is 8.63. The molecule has 5 rings (SSSR count). The van der Waals surface area contributed by atoms with Gasteiger partial charge in [-0.05, 0) is 36.4 Å². The van der Waals surface area contributed by atoms with Gasteiger partial charge in [-0.15, -0.1) is 0 Å². The Labute approximate surface area is 214 Å². The van der Waals surface area contributed by atoms with Crippen molar-refractivity contribution in [1.82, 2.24) is 25.2 Å². The number of anilines is 3. The molecule has 13 heteroatoms. The zero-order valence-corrected chi connectivity index (χ0v) is 19.9. The molecular weight excluding hydrogens is 506 g/mol. The third kappa shape index (κ3) is 6.18. The normalized spacial score (nSPS) is 14.4. The summed E-state index contributed by atoms with van der Waals surface area (Å²) in [5, 5.41) is 8.57.